The maximum atomic E-state index is 12.2. The first-order valence-electron chi connectivity index (χ1n) is 8.48. The minimum absolute atomic E-state index is 0.0260. The molecule has 130 valence electrons. The monoisotopic (exact) mass is 332 g/mol. The summed E-state index contributed by atoms with van der Waals surface area (Å²) in [5.41, 5.74) is 0.720. The second-order valence-electron chi connectivity index (χ2n) is 6.27. The van der Waals surface area contributed by atoms with Crippen molar-refractivity contribution < 1.29 is 14.3 Å². The molecule has 0 aromatic carbocycles. The molecule has 0 aliphatic carbocycles. The maximum Gasteiger partial charge on any atom is 0.227 e. The lowest BCUT2D eigenvalue weighted by Crippen LogP contribution is -2.48. The van der Waals surface area contributed by atoms with Crippen molar-refractivity contribution in [3.8, 4) is 0 Å². The van der Waals surface area contributed by atoms with Crippen molar-refractivity contribution in [2.24, 2.45) is 5.92 Å². The highest BCUT2D eigenvalue weighted by atomic mass is 16.5. The quantitative estimate of drug-likeness (QED) is 0.898. The minimum Gasteiger partial charge on any atom is -0.381 e. The van der Waals surface area contributed by atoms with Gasteiger partial charge >= 0.3 is 0 Å². The van der Waals surface area contributed by atoms with Crippen LogP contribution in [-0.4, -0.2) is 61.1 Å². The molecule has 0 saturated carbocycles. The van der Waals surface area contributed by atoms with Gasteiger partial charge in [0, 0.05) is 52.2 Å². The molecule has 0 spiro atoms. The van der Waals surface area contributed by atoms with Gasteiger partial charge in [-0.15, -0.1) is 0 Å². The second kappa shape index (κ2) is 7.61. The number of carbonyl (C=O) groups excluding carboxylic acids is 2. The van der Waals surface area contributed by atoms with Crippen LogP contribution in [0.4, 0.5) is 11.5 Å². The SMILES string of the molecule is CC(=O)N1CCN(c2ccc(NC(=O)C3CCOCC3)cn2)CC1. The molecule has 2 fully saturated rings. The van der Waals surface area contributed by atoms with Crippen LogP contribution in [0.15, 0.2) is 18.3 Å². The van der Waals surface area contributed by atoms with E-state index in [0.717, 1.165) is 50.5 Å². The van der Waals surface area contributed by atoms with Crippen LogP contribution in [-0.2, 0) is 14.3 Å². The molecule has 2 saturated heterocycles. The summed E-state index contributed by atoms with van der Waals surface area (Å²) in [6.07, 6.45) is 3.25. The van der Waals surface area contributed by atoms with E-state index >= 15 is 0 Å². The molecule has 1 aromatic heterocycles. The van der Waals surface area contributed by atoms with E-state index < -0.39 is 0 Å². The molecular weight excluding hydrogens is 308 g/mol. The summed E-state index contributed by atoms with van der Waals surface area (Å²) in [7, 11) is 0. The van der Waals surface area contributed by atoms with Gasteiger partial charge in [0.1, 0.15) is 5.82 Å². The van der Waals surface area contributed by atoms with Gasteiger partial charge in [-0.05, 0) is 25.0 Å². The molecule has 0 unspecified atom stereocenters. The van der Waals surface area contributed by atoms with E-state index in [0.29, 0.717) is 13.2 Å². The van der Waals surface area contributed by atoms with Crippen LogP contribution < -0.4 is 10.2 Å². The average molecular weight is 332 g/mol. The molecule has 0 radical (unpaired) electrons. The second-order valence-corrected chi connectivity index (χ2v) is 6.27. The predicted molar refractivity (Wildman–Crippen MR) is 90.9 cm³/mol. The van der Waals surface area contributed by atoms with E-state index in [-0.39, 0.29) is 17.7 Å². The fraction of sp³-hybridized carbons (Fsp3) is 0.588. The first-order valence-corrected chi connectivity index (χ1v) is 8.48. The van der Waals surface area contributed by atoms with Crippen LogP contribution in [0.1, 0.15) is 19.8 Å². The van der Waals surface area contributed by atoms with Crippen LogP contribution in [0.5, 0.6) is 0 Å². The highest BCUT2D eigenvalue weighted by Gasteiger charge is 2.22. The zero-order chi connectivity index (χ0) is 16.9. The number of carbonyl (C=O) groups is 2. The van der Waals surface area contributed by atoms with Gasteiger partial charge in [0.15, 0.2) is 0 Å². The average Bonchev–Trinajstić information content (AvgIpc) is 2.63. The number of anilines is 2. The highest BCUT2D eigenvalue weighted by Crippen LogP contribution is 2.19. The Hall–Kier alpha value is -2.15. The fourth-order valence-electron chi connectivity index (χ4n) is 3.10. The van der Waals surface area contributed by atoms with Crippen molar-refractivity contribution >= 4 is 23.3 Å². The van der Waals surface area contributed by atoms with Crippen molar-refractivity contribution in [2.75, 3.05) is 49.6 Å². The summed E-state index contributed by atoms with van der Waals surface area (Å²) >= 11 is 0. The van der Waals surface area contributed by atoms with Crippen LogP contribution >= 0.6 is 0 Å². The summed E-state index contributed by atoms with van der Waals surface area (Å²) < 4.78 is 5.28. The number of nitrogens with zero attached hydrogens (tertiary/aromatic N) is 3. The van der Waals surface area contributed by atoms with Crippen molar-refractivity contribution in [3.05, 3.63) is 18.3 Å². The first kappa shape index (κ1) is 16.7. The number of pyridine rings is 1. The summed E-state index contributed by atoms with van der Waals surface area (Å²) in [5, 5.41) is 2.94. The topological polar surface area (TPSA) is 74.8 Å². The molecule has 7 nitrogen and oxygen atoms in total. The number of nitrogens with one attached hydrogen (secondary N) is 1. The zero-order valence-corrected chi connectivity index (χ0v) is 14.0. The molecule has 0 bridgehead atoms. The number of hydrogen-bond acceptors (Lipinski definition) is 5. The van der Waals surface area contributed by atoms with Crippen molar-refractivity contribution in [2.45, 2.75) is 19.8 Å². The van der Waals surface area contributed by atoms with Gasteiger partial charge in [-0.2, -0.15) is 0 Å². The van der Waals surface area contributed by atoms with Gasteiger partial charge in [-0.1, -0.05) is 0 Å². The number of hydrogen-bond donors (Lipinski definition) is 1. The molecular formula is C17H24N4O3. The maximum absolute atomic E-state index is 12.2. The molecule has 2 aliphatic heterocycles. The number of ether oxygens (including phenoxy) is 1. The Morgan fingerprint density at radius 1 is 1.17 bits per heavy atom. The number of amides is 2. The Bertz CT molecular complexity index is 576. The number of aromatic nitrogens is 1. The third kappa shape index (κ3) is 4.03. The molecule has 0 atom stereocenters. The normalized spacial score (nSPS) is 19.2. The highest BCUT2D eigenvalue weighted by molar-refractivity contribution is 5.92. The Labute approximate surface area is 142 Å². The minimum atomic E-state index is 0.0260. The van der Waals surface area contributed by atoms with Crippen molar-refractivity contribution in [1.29, 1.82) is 0 Å². The van der Waals surface area contributed by atoms with Crippen molar-refractivity contribution in [1.82, 2.24) is 9.88 Å². The van der Waals surface area contributed by atoms with Gasteiger partial charge in [-0.25, -0.2) is 4.98 Å². The van der Waals surface area contributed by atoms with E-state index in [9.17, 15) is 9.59 Å². The Kier molecular flexibility index (Phi) is 5.30. The third-order valence-electron chi connectivity index (χ3n) is 4.66. The Morgan fingerprint density at radius 2 is 1.88 bits per heavy atom. The van der Waals surface area contributed by atoms with Gasteiger partial charge in [0.05, 0.1) is 11.9 Å². The van der Waals surface area contributed by atoms with E-state index in [4.69, 9.17) is 4.74 Å². The molecule has 24 heavy (non-hydrogen) atoms. The summed E-state index contributed by atoms with van der Waals surface area (Å²) in [6, 6.07) is 3.81. The smallest absolute Gasteiger partial charge is 0.227 e. The largest absolute Gasteiger partial charge is 0.381 e. The first-order chi connectivity index (χ1) is 11.6. The van der Waals surface area contributed by atoms with Gasteiger partial charge < -0.3 is 19.9 Å². The lowest BCUT2D eigenvalue weighted by Gasteiger charge is -2.34. The van der Waals surface area contributed by atoms with Gasteiger partial charge in [0.2, 0.25) is 11.8 Å². The standard InChI is InChI=1S/C17H24N4O3/c1-13(22)20-6-8-21(9-7-20)16-3-2-15(12-18-16)19-17(23)14-4-10-24-11-5-14/h2-3,12,14H,4-11H2,1H3,(H,19,23). The fourth-order valence-corrected chi connectivity index (χ4v) is 3.10. The molecule has 2 amide bonds. The Morgan fingerprint density at radius 3 is 2.46 bits per heavy atom. The molecule has 3 rings (SSSR count). The van der Waals surface area contributed by atoms with Crippen LogP contribution in [0.2, 0.25) is 0 Å². The molecule has 3 heterocycles. The van der Waals surface area contributed by atoms with E-state index in [2.05, 4.69) is 15.2 Å². The Balaban J connectivity index is 1.54. The molecule has 2 aliphatic rings. The number of rotatable bonds is 3. The summed E-state index contributed by atoms with van der Waals surface area (Å²) in [4.78, 5) is 32.0. The van der Waals surface area contributed by atoms with Crippen LogP contribution in [0.3, 0.4) is 0 Å². The lowest BCUT2D eigenvalue weighted by molar-refractivity contribution is -0.129. The molecule has 1 N–H and O–H groups in total. The summed E-state index contributed by atoms with van der Waals surface area (Å²) in [6.45, 7) is 5.91. The van der Waals surface area contributed by atoms with Gasteiger partial charge in [0.25, 0.3) is 0 Å². The lowest BCUT2D eigenvalue weighted by atomic mass is 9.99. The molecule has 1 aromatic rings. The third-order valence-corrected chi connectivity index (χ3v) is 4.66. The molecule has 7 heteroatoms. The zero-order valence-electron chi connectivity index (χ0n) is 14.0. The van der Waals surface area contributed by atoms with Gasteiger partial charge in [-0.3, -0.25) is 9.59 Å². The van der Waals surface area contributed by atoms with Crippen LogP contribution in [0.25, 0.3) is 0 Å². The van der Waals surface area contributed by atoms with E-state index in [1.807, 2.05) is 17.0 Å². The van der Waals surface area contributed by atoms with Crippen LogP contribution in [0, 0.1) is 5.92 Å². The number of piperazine rings is 1. The summed E-state index contributed by atoms with van der Waals surface area (Å²) in [5.74, 6) is 1.07. The van der Waals surface area contributed by atoms with E-state index in [1.165, 1.54) is 0 Å². The van der Waals surface area contributed by atoms with Crippen molar-refractivity contribution in [3.63, 3.8) is 0 Å². The predicted octanol–water partition coefficient (Wildman–Crippen LogP) is 1.12. The van der Waals surface area contributed by atoms with E-state index in [1.54, 1.807) is 13.1 Å².